The Morgan fingerprint density at radius 2 is 1.86 bits per heavy atom. The molecule has 1 aliphatic heterocycles. The third-order valence-corrected chi connectivity index (χ3v) is 8.12. The van der Waals surface area contributed by atoms with E-state index < -0.39 is 27.9 Å². The van der Waals surface area contributed by atoms with Gasteiger partial charge in [-0.1, -0.05) is 17.7 Å². The number of nitrogens with one attached hydrogen (secondary N) is 1. The summed E-state index contributed by atoms with van der Waals surface area (Å²) in [6.45, 7) is 0.374. The van der Waals surface area contributed by atoms with Gasteiger partial charge in [0.1, 0.15) is 10.7 Å². The van der Waals surface area contributed by atoms with Gasteiger partial charge >= 0.3 is 6.18 Å². The molecule has 0 bridgehead atoms. The van der Waals surface area contributed by atoms with Crippen LogP contribution in [0.15, 0.2) is 52.5 Å². The van der Waals surface area contributed by atoms with Gasteiger partial charge in [0, 0.05) is 49.2 Å². The molecule has 1 fully saturated rings. The molecule has 1 saturated heterocycles. The molecule has 35 heavy (non-hydrogen) atoms. The molecule has 2 heterocycles. The van der Waals surface area contributed by atoms with E-state index in [4.69, 9.17) is 11.6 Å². The Kier molecular flexibility index (Phi) is 7.05. The molecule has 0 atom stereocenters. The Labute approximate surface area is 205 Å². The summed E-state index contributed by atoms with van der Waals surface area (Å²) in [7, 11) is -2.51. The second-order valence-corrected chi connectivity index (χ2v) is 10.4. The van der Waals surface area contributed by atoms with E-state index in [2.05, 4.69) is 15.0 Å². The number of rotatable bonds is 5. The van der Waals surface area contributed by atoms with Crippen LogP contribution in [-0.4, -0.2) is 60.3 Å². The molecule has 3 aromatic rings. The first-order valence-corrected chi connectivity index (χ1v) is 12.5. The first-order valence-electron chi connectivity index (χ1n) is 10.7. The number of aromatic amines is 1. The van der Waals surface area contributed by atoms with E-state index in [9.17, 15) is 26.7 Å². The minimum absolute atomic E-state index is 0.0536. The van der Waals surface area contributed by atoms with Gasteiger partial charge in [-0.15, -0.1) is 0 Å². The summed E-state index contributed by atoms with van der Waals surface area (Å²) in [5, 5.41) is 9.74. The zero-order chi connectivity index (χ0) is 25.4. The van der Waals surface area contributed by atoms with Crippen LogP contribution in [0.3, 0.4) is 0 Å². The van der Waals surface area contributed by atoms with Crippen molar-refractivity contribution < 1.29 is 26.7 Å². The fourth-order valence-electron chi connectivity index (χ4n) is 3.91. The highest BCUT2D eigenvalue weighted by atomic mass is 35.5. The molecule has 0 amide bonds. The molecule has 12 heteroatoms. The average Bonchev–Trinajstić information content (AvgIpc) is 3.29. The normalized spacial score (nSPS) is 16.3. The number of halogens is 4. The maximum atomic E-state index is 13.3. The van der Waals surface area contributed by atoms with E-state index in [0.717, 1.165) is 12.3 Å². The number of aromatic nitrogens is 2. The number of aliphatic imine (C=N–C) groups is 1. The summed E-state index contributed by atoms with van der Waals surface area (Å²) in [6.07, 6.45) is -1.70. The lowest BCUT2D eigenvalue weighted by Crippen LogP contribution is -2.40. The Morgan fingerprint density at radius 1 is 1.17 bits per heavy atom. The number of hydrogen-bond donors (Lipinski definition) is 2. The summed E-state index contributed by atoms with van der Waals surface area (Å²) >= 11 is 6.23. The largest absolute Gasteiger partial charge is 0.417 e. The lowest BCUT2D eigenvalue weighted by Gasteiger charge is -2.29. The smallest absolute Gasteiger partial charge is 0.393 e. The zero-order valence-electron chi connectivity index (χ0n) is 18.6. The number of alkyl halides is 3. The standard InChI is InChI=1S/C23H22ClF3N4O3S/c1-28-12-16-10-14(2-4-18(16)23(25,26)27)20-13-29-22(30-20)15-3-5-19(24)21(11-15)35(33,34)31-8-6-17(32)7-9-31/h2-5,10-13,17,32H,6-9H2,1H3,(H,29,30)/b28-12-. The molecule has 1 aliphatic rings. The van der Waals surface area contributed by atoms with Crippen molar-refractivity contribution in [3.05, 3.63) is 58.7 Å². The van der Waals surface area contributed by atoms with Gasteiger partial charge in [0.2, 0.25) is 10.0 Å². The summed E-state index contributed by atoms with van der Waals surface area (Å²) in [5.41, 5.74) is 0.362. The quantitative estimate of drug-likeness (QED) is 0.474. The minimum atomic E-state index is -4.52. The van der Waals surface area contributed by atoms with E-state index in [0.29, 0.717) is 35.5 Å². The highest BCUT2D eigenvalue weighted by molar-refractivity contribution is 7.89. The summed E-state index contributed by atoms with van der Waals surface area (Å²) in [4.78, 5) is 11.0. The van der Waals surface area contributed by atoms with Crippen molar-refractivity contribution in [2.45, 2.75) is 30.0 Å². The summed E-state index contributed by atoms with van der Waals surface area (Å²) in [6, 6.07) is 8.11. The fourth-order valence-corrected chi connectivity index (χ4v) is 5.88. The SMILES string of the molecule is C/N=C\c1cc(-c2c[nH]c(-c3ccc(Cl)c(S(=O)(=O)N4CCC(O)CC4)c3)n2)ccc1C(F)(F)F. The van der Waals surface area contributed by atoms with Gasteiger partial charge in [0.25, 0.3) is 0 Å². The molecule has 0 unspecified atom stereocenters. The zero-order valence-corrected chi connectivity index (χ0v) is 20.1. The first-order chi connectivity index (χ1) is 16.5. The number of hydrogen-bond acceptors (Lipinski definition) is 5. The van der Waals surface area contributed by atoms with Gasteiger partial charge in [-0.3, -0.25) is 4.99 Å². The van der Waals surface area contributed by atoms with Gasteiger partial charge < -0.3 is 10.1 Å². The second-order valence-electron chi connectivity index (χ2n) is 8.10. The Hall–Kier alpha value is -2.73. The molecule has 2 aromatic carbocycles. The van der Waals surface area contributed by atoms with Crippen LogP contribution in [-0.2, 0) is 16.2 Å². The fraction of sp³-hybridized carbons (Fsp3) is 0.304. The predicted octanol–water partition coefficient (Wildman–Crippen LogP) is 4.61. The maximum Gasteiger partial charge on any atom is 0.417 e. The molecular weight excluding hydrogens is 505 g/mol. The van der Waals surface area contributed by atoms with Crippen molar-refractivity contribution >= 4 is 27.8 Å². The monoisotopic (exact) mass is 526 g/mol. The van der Waals surface area contributed by atoms with Crippen molar-refractivity contribution in [1.82, 2.24) is 14.3 Å². The van der Waals surface area contributed by atoms with Crippen molar-refractivity contribution in [3.8, 4) is 22.6 Å². The van der Waals surface area contributed by atoms with E-state index in [1.807, 2.05) is 0 Å². The van der Waals surface area contributed by atoms with Crippen molar-refractivity contribution in [2.75, 3.05) is 20.1 Å². The Bertz CT molecular complexity index is 1360. The number of imidazole rings is 1. The third-order valence-electron chi connectivity index (χ3n) is 5.74. The van der Waals surface area contributed by atoms with E-state index in [-0.39, 0.29) is 28.6 Å². The number of nitrogens with zero attached hydrogens (tertiary/aromatic N) is 3. The third kappa shape index (κ3) is 5.27. The predicted molar refractivity (Wildman–Crippen MR) is 127 cm³/mol. The van der Waals surface area contributed by atoms with Crippen LogP contribution >= 0.6 is 11.6 Å². The van der Waals surface area contributed by atoms with Crippen molar-refractivity contribution in [2.24, 2.45) is 4.99 Å². The molecule has 0 aliphatic carbocycles. The molecule has 4 rings (SSSR count). The highest BCUT2D eigenvalue weighted by Gasteiger charge is 2.33. The summed E-state index contributed by atoms with van der Waals surface area (Å²) < 4.78 is 67.5. The van der Waals surface area contributed by atoms with Crippen molar-refractivity contribution in [1.29, 1.82) is 0 Å². The number of H-pyrrole nitrogens is 1. The molecule has 0 radical (unpaired) electrons. The van der Waals surface area contributed by atoms with Crippen LogP contribution in [0, 0.1) is 0 Å². The number of aliphatic hydroxyl groups is 1. The number of benzene rings is 2. The number of sulfonamides is 1. The lowest BCUT2D eigenvalue weighted by molar-refractivity contribution is -0.137. The van der Waals surface area contributed by atoms with Crippen LogP contribution in [0.25, 0.3) is 22.6 Å². The van der Waals surface area contributed by atoms with Gasteiger partial charge in [0.15, 0.2) is 0 Å². The number of piperidine rings is 1. The molecular formula is C23H22ClF3N4O3S. The van der Waals surface area contributed by atoms with Crippen molar-refractivity contribution in [3.63, 3.8) is 0 Å². The van der Waals surface area contributed by atoms with Gasteiger partial charge in [-0.25, -0.2) is 13.4 Å². The van der Waals surface area contributed by atoms with E-state index >= 15 is 0 Å². The lowest BCUT2D eigenvalue weighted by atomic mass is 10.0. The van der Waals surface area contributed by atoms with Crippen LogP contribution in [0.5, 0.6) is 0 Å². The average molecular weight is 527 g/mol. The maximum absolute atomic E-state index is 13.3. The van der Waals surface area contributed by atoms with Crippen LogP contribution < -0.4 is 0 Å². The molecule has 0 spiro atoms. The molecule has 1 aromatic heterocycles. The summed E-state index contributed by atoms with van der Waals surface area (Å²) in [5.74, 6) is 0.327. The Balaban J connectivity index is 1.67. The highest BCUT2D eigenvalue weighted by Crippen LogP contribution is 2.35. The molecule has 7 nitrogen and oxygen atoms in total. The number of aliphatic hydroxyl groups excluding tert-OH is 1. The Morgan fingerprint density at radius 3 is 2.51 bits per heavy atom. The van der Waals surface area contributed by atoms with Crippen LogP contribution in [0.2, 0.25) is 5.02 Å². The van der Waals surface area contributed by atoms with Gasteiger partial charge in [-0.05, 0) is 43.2 Å². The molecule has 186 valence electrons. The molecule has 2 N–H and O–H groups in total. The van der Waals surface area contributed by atoms with Crippen LogP contribution in [0.1, 0.15) is 24.0 Å². The van der Waals surface area contributed by atoms with Gasteiger partial charge in [0.05, 0.1) is 22.4 Å². The van der Waals surface area contributed by atoms with E-state index in [1.54, 1.807) is 6.07 Å². The van der Waals surface area contributed by atoms with Gasteiger partial charge in [-0.2, -0.15) is 17.5 Å². The topological polar surface area (TPSA) is 98.7 Å². The first kappa shape index (κ1) is 25.4. The second kappa shape index (κ2) is 9.73. The van der Waals surface area contributed by atoms with E-state index in [1.165, 1.54) is 41.8 Å². The minimum Gasteiger partial charge on any atom is -0.393 e. The van der Waals surface area contributed by atoms with Crippen LogP contribution in [0.4, 0.5) is 13.2 Å². The molecule has 0 saturated carbocycles.